The summed E-state index contributed by atoms with van der Waals surface area (Å²) in [6, 6.07) is 9.57. The fourth-order valence-electron chi connectivity index (χ4n) is 0.661. The number of benzene rings is 1. The van der Waals surface area contributed by atoms with Crippen LogP contribution < -0.4 is 4.74 Å². The van der Waals surface area contributed by atoms with Crippen molar-refractivity contribution in [3.8, 4) is 5.75 Å². The molecule has 0 aromatic heterocycles. The monoisotopic (exact) mass is 133 g/mol. The maximum atomic E-state index is 5.17. The third-order valence-electron chi connectivity index (χ3n) is 1.09. The number of hydrogen-bond acceptors (Lipinski definition) is 1. The summed E-state index contributed by atoms with van der Waals surface area (Å²) in [5.74, 6) is 0.851. The lowest BCUT2D eigenvalue weighted by atomic mass is 10.3. The van der Waals surface area contributed by atoms with E-state index in [0.717, 1.165) is 5.75 Å². The summed E-state index contributed by atoms with van der Waals surface area (Å²) >= 11 is 0. The van der Waals surface area contributed by atoms with Crippen LogP contribution in [0, 0.1) is 6.58 Å². The van der Waals surface area contributed by atoms with E-state index in [0.29, 0.717) is 6.61 Å². The van der Waals surface area contributed by atoms with Gasteiger partial charge in [-0.1, -0.05) is 18.2 Å². The summed E-state index contributed by atoms with van der Waals surface area (Å²) in [6.45, 7) is 5.59. The Kier molecular flexibility index (Phi) is 2.56. The molecule has 0 atom stereocenters. The second-order valence-electron chi connectivity index (χ2n) is 1.86. The van der Waals surface area contributed by atoms with Gasteiger partial charge in [0.05, 0.1) is 6.61 Å². The van der Waals surface area contributed by atoms with Crippen molar-refractivity contribution in [2.45, 2.75) is 0 Å². The second-order valence-corrected chi connectivity index (χ2v) is 1.86. The zero-order valence-electron chi connectivity index (χ0n) is 5.66. The molecule has 1 aromatic rings. The van der Waals surface area contributed by atoms with Crippen LogP contribution in [-0.2, 0) is 0 Å². The van der Waals surface area contributed by atoms with Crippen LogP contribution in [0.1, 0.15) is 0 Å². The Morgan fingerprint density at radius 2 is 2.00 bits per heavy atom. The zero-order valence-corrected chi connectivity index (χ0v) is 5.66. The van der Waals surface area contributed by atoms with Gasteiger partial charge in [0.1, 0.15) is 5.75 Å². The molecule has 1 rings (SSSR count). The summed E-state index contributed by atoms with van der Waals surface area (Å²) in [7, 11) is 0. The minimum Gasteiger partial charge on any atom is -0.515 e. The minimum atomic E-state index is 0.462. The lowest BCUT2D eigenvalue weighted by molar-refractivity contribution is 0.363. The summed E-state index contributed by atoms with van der Waals surface area (Å²) < 4.78 is 5.17. The molecule has 52 valence electrons. The highest BCUT2D eigenvalue weighted by atomic mass is 16.5. The number of ether oxygens (including phenoxy) is 1. The van der Waals surface area contributed by atoms with Crippen LogP contribution in [0.2, 0.25) is 0 Å². The van der Waals surface area contributed by atoms with Gasteiger partial charge >= 0.3 is 0 Å². The smallest absolute Gasteiger partial charge is 0.119 e. The normalized spacial score (nSPS) is 8.80. The molecule has 0 heterocycles. The van der Waals surface area contributed by atoms with Crippen molar-refractivity contribution in [2.75, 3.05) is 6.61 Å². The van der Waals surface area contributed by atoms with E-state index in [9.17, 15) is 0 Å². The predicted molar refractivity (Wildman–Crippen MR) is 40.8 cm³/mol. The average Bonchev–Trinajstić information content (AvgIpc) is 2.03. The van der Waals surface area contributed by atoms with Crippen molar-refractivity contribution in [1.29, 1.82) is 0 Å². The first kappa shape index (κ1) is 6.87. The maximum Gasteiger partial charge on any atom is 0.119 e. The molecular weight excluding hydrogens is 124 g/mol. The van der Waals surface area contributed by atoms with Crippen LogP contribution in [-0.4, -0.2) is 6.61 Å². The lowest BCUT2D eigenvalue weighted by Crippen LogP contribution is -1.91. The van der Waals surface area contributed by atoms with Crippen molar-refractivity contribution in [1.82, 2.24) is 0 Å². The quantitative estimate of drug-likeness (QED) is 0.573. The molecule has 1 heteroatoms. The van der Waals surface area contributed by atoms with E-state index in [1.807, 2.05) is 30.3 Å². The van der Waals surface area contributed by atoms with Gasteiger partial charge < -0.3 is 11.3 Å². The Balaban J connectivity index is 2.50. The summed E-state index contributed by atoms with van der Waals surface area (Å²) in [4.78, 5) is 0. The third-order valence-corrected chi connectivity index (χ3v) is 1.09. The summed E-state index contributed by atoms with van der Waals surface area (Å²) in [5.41, 5.74) is 0. The highest BCUT2D eigenvalue weighted by Crippen LogP contribution is 2.07. The van der Waals surface area contributed by atoms with Gasteiger partial charge in [-0.2, -0.15) is 0 Å². The van der Waals surface area contributed by atoms with Gasteiger partial charge in [-0.3, -0.25) is 0 Å². The second kappa shape index (κ2) is 3.72. The molecular formula is C9H9O-. The van der Waals surface area contributed by atoms with Gasteiger partial charge in [-0.15, -0.1) is 0 Å². The molecule has 0 bridgehead atoms. The fraction of sp³-hybridized carbons (Fsp3) is 0.111. The van der Waals surface area contributed by atoms with E-state index in [2.05, 4.69) is 0 Å². The van der Waals surface area contributed by atoms with Gasteiger partial charge in [-0.25, -0.2) is 6.08 Å². The highest BCUT2D eigenvalue weighted by Gasteiger charge is 1.83. The molecule has 0 fully saturated rings. The van der Waals surface area contributed by atoms with E-state index in [-0.39, 0.29) is 0 Å². The Bertz CT molecular complexity index is 191. The van der Waals surface area contributed by atoms with Crippen molar-refractivity contribution >= 4 is 0 Å². The van der Waals surface area contributed by atoms with Crippen LogP contribution in [0.4, 0.5) is 0 Å². The van der Waals surface area contributed by atoms with Crippen LogP contribution >= 0.6 is 0 Å². The van der Waals surface area contributed by atoms with Crippen molar-refractivity contribution < 1.29 is 4.74 Å². The molecule has 0 aliphatic heterocycles. The van der Waals surface area contributed by atoms with Gasteiger partial charge in [0, 0.05) is 0 Å². The van der Waals surface area contributed by atoms with E-state index in [1.165, 1.54) is 6.08 Å². The van der Waals surface area contributed by atoms with Crippen LogP contribution in [0.3, 0.4) is 0 Å². The first-order valence-electron chi connectivity index (χ1n) is 3.15. The fourth-order valence-corrected chi connectivity index (χ4v) is 0.661. The molecule has 10 heavy (non-hydrogen) atoms. The Morgan fingerprint density at radius 3 is 2.60 bits per heavy atom. The molecule has 0 unspecified atom stereocenters. The van der Waals surface area contributed by atoms with Crippen LogP contribution in [0.15, 0.2) is 36.4 Å². The Labute approximate surface area is 61.0 Å². The van der Waals surface area contributed by atoms with Crippen LogP contribution in [0.5, 0.6) is 5.75 Å². The molecule has 0 saturated carbocycles. The van der Waals surface area contributed by atoms with E-state index in [4.69, 9.17) is 11.3 Å². The van der Waals surface area contributed by atoms with Gasteiger partial charge in [0.2, 0.25) is 0 Å². The summed E-state index contributed by atoms with van der Waals surface area (Å²) in [5, 5.41) is 0. The van der Waals surface area contributed by atoms with Crippen molar-refractivity contribution in [3.05, 3.63) is 43.0 Å². The zero-order chi connectivity index (χ0) is 7.23. The molecule has 0 saturated heterocycles. The van der Waals surface area contributed by atoms with Crippen molar-refractivity contribution in [2.24, 2.45) is 0 Å². The van der Waals surface area contributed by atoms with Gasteiger partial charge in [-0.05, 0) is 12.1 Å². The first-order valence-corrected chi connectivity index (χ1v) is 3.15. The molecule has 0 spiro atoms. The van der Waals surface area contributed by atoms with E-state index < -0.39 is 0 Å². The number of rotatable bonds is 3. The maximum absolute atomic E-state index is 5.17. The van der Waals surface area contributed by atoms with E-state index >= 15 is 0 Å². The molecule has 0 N–H and O–H groups in total. The van der Waals surface area contributed by atoms with Crippen LogP contribution in [0.25, 0.3) is 0 Å². The highest BCUT2D eigenvalue weighted by molar-refractivity contribution is 5.20. The third kappa shape index (κ3) is 1.94. The topological polar surface area (TPSA) is 9.23 Å². The Hall–Kier alpha value is -1.24. The molecule has 0 aliphatic carbocycles. The molecule has 1 aromatic carbocycles. The minimum absolute atomic E-state index is 0.462. The van der Waals surface area contributed by atoms with Crippen molar-refractivity contribution in [3.63, 3.8) is 0 Å². The van der Waals surface area contributed by atoms with Gasteiger partial charge in [0.15, 0.2) is 0 Å². The Morgan fingerprint density at radius 1 is 1.30 bits per heavy atom. The molecule has 0 aliphatic rings. The number of para-hydroxylation sites is 1. The number of hydrogen-bond donors (Lipinski definition) is 0. The SMILES string of the molecule is [CH-]=CCOc1ccccc1. The molecule has 0 amide bonds. The van der Waals surface area contributed by atoms with E-state index in [1.54, 1.807) is 0 Å². The average molecular weight is 133 g/mol. The predicted octanol–water partition coefficient (Wildman–Crippen LogP) is 2.05. The molecule has 1 nitrogen and oxygen atoms in total. The van der Waals surface area contributed by atoms with Gasteiger partial charge in [0.25, 0.3) is 0 Å². The molecule has 0 radical (unpaired) electrons. The largest absolute Gasteiger partial charge is 0.515 e. The first-order chi connectivity index (χ1) is 4.93. The standard InChI is InChI=1S/C9H9O/c1-2-8-10-9-6-4-3-5-7-9/h1-7H,8H2/q-1. The lowest BCUT2D eigenvalue weighted by Gasteiger charge is -2.02. The summed E-state index contributed by atoms with van der Waals surface area (Å²) in [6.07, 6.45) is 1.48.